The summed E-state index contributed by atoms with van der Waals surface area (Å²) in [6.07, 6.45) is -2.99. The Morgan fingerprint density at radius 1 is 1.02 bits per heavy atom. The van der Waals surface area contributed by atoms with Crippen molar-refractivity contribution in [3.8, 4) is 5.75 Å². The molecule has 6 nitrogen and oxygen atoms in total. The number of fused-ring (bicyclic) bond motifs is 1. The second-order valence-electron chi connectivity index (χ2n) is 8.93. The van der Waals surface area contributed by atoms with Crippen molar-refractivity contribution in [3.63, 3.8) is 0 Å². The van der Waals surface area contributed by atoms with E-state index in [1.807, 2.05) is 42.5 Å². The minimum atomic E-state index is -4.44. The maximum absolute atomic E-state index is 13.0. The number of benzene rings is 4. The minimum Gasteiger partial charge on any atom is -0.488 e. The monoisotopic (exact) mass is 638 g/mol. The maximum atomic E-state index is 13.0. The van der Waals surface area contributed by atoms with Crippen LogP contribution in [0.5, 0.6) is 5.75 Å². The average molecular weight is 639 g/mol. The lowest BCUT2D eigenvalue weighted by Crippen LogP contribution is -2.20. The molecule has 0 aliphatic carbocycles. The Labute approximate surface area is 246 Å². The van der Waals surface area contributed by atoms with Gasteiger partial charge in [0, 0.05) is 21.1 Å². The first kappa shape index (κ1) is 28.3. The van der Waals surface area contributed by atoms with Gasteiger partial charge in [-0.2, -0.15) is 18.3 Å². The first-order valence-corrected chi connectivity index (χ1v) is 14.0. The summed E-state index contributed by atoms with van der Waals surface area (Å²) in [5, 5.41) is 11.2. The molecular weight excluding hydrogens is 617 g/mol. The van der Waals surface area contributed by atoms with Crippen molar-refractivity contribution in [2.24, 2.45) is 5.10 Å². The third-order valence-electron chi connectivity index (χ3n) is 5.96. The van der Waals surface area contributed by atoms with Gasteiger partial charge in [-0.3, -0.25) is 4.79 Å². The minimum absolute atomic E-state index is 0.0545. The molecule has 4 aromatic carbocycles. The number of thiazole rings is 1. The van der Waals surface area contributed by atoms with E-state index in [4.69, 9.17) is 4.74 Å². The van der Waals surface area contributed by atoms with Crippen LogP contribution in [-0.2, 0) is 24.0 Å². The Kier molecular flexibility index (Phi) is 8.65. The number of hydrogen-bond acceptors (Lipinski definition) is 6. The molecule has 0 aliphatic heterocycles. The molecule has 1 heterocycles. The lowest BCUT2D eigenvalue weighted by molar-refractivity contribution is -0.137. The second-order valence-corrected chi connectivity index (χ2v) is 10.7. The Morgan fingerprint density at radius 2 is 1.83 bits per heavy atom. The van der Waals surface area contributed by atoms with E-state index < -0.39 is 17.6 Å². The van der Waals surface area contributed by atoms with Crippen molar-refractivity contribution in [2.45, 2.75) is 19.2 Å². The molecule has 5 aromatic rings. The predicted octanol–water partition coefficient (Wildman–Crippen LogP) is 8.09. The normalized spacial score (nSPS) is 11.6. The van der Waals surface area contributed by atoms with E-state index in [1.165, 1.54) is 29.7 Å². The molecule has 1 amide bonds. The number of amides is 1. The Bertz CT molecular complexity index is 1720. The molecule has 0 spiro atoms. The van der Waals surface area contributed by atoms with E-state index in [9.17, 15) is 18.0 Å². The van der Waals surface area contributed by atoms with Gasteiger partial charge in [0.15, 0.2) is 5.13 Å². The van der Waals surface area contributed by atoms with Crippen LogP contribution in [0.3, 0.4) is 0 Å². The molecule has 0 atom stereocenters. The Balaban J connectivity index is 1.19. The van der Waals surface area contributed by atoms with Crippen LogP contribution >= 0.6 is 27.3 Å². The zero-order valence-corrected chi connectivity index (χ0v) is 23.7. The summed E-state index contributed by atoms with van der Waals surface area (Å²) in [4.78, 5) is 16.8. The van der Waals surface area contributed by atoms with E-state index in [0.717, 1.165) is 32.9 Å². The molecular formula is C30H22BrF3N4O2S. The molecule has 0 saturated heterocycles. The van der Waals surface area contributed by atoms with Gasteiger partial charge in [0.25, 0.3) is 0 Å². The highest BCUT2D eigenvalue weighted by molar-refractivity contribution is 9.10. The number of carbonyl (C=O) groups is 1. The molecule has 1 aromatic heterocycles. The number of nitrogens with zero attached hydrogens (tertiary/aromatic N) is 2. The summed E-state index contributed by atoms with van der Waals surface area (Å²) in [5.41, 5.74) is 4.15. The number of aromatic nitrogens is 1. The molecule has 208 valence electrons. The number of nitrogens with one attached hydrogen (secondary N) is 2. The quantitative estimate of drug-likeness (QED) is 0.126. The van der Waals surface area contributed by atoms with Crippen LogP contribution in [0.2, 0.25) is 0 Å². The third kappa shape index (κ3) is 7.50. The van der Waals surface area contributed by atoms with E-state index in [-0.39, 0.29) is 12.1 Å². The first-order chi connectivity index (χ1) is 19.7. The summed E-state index contributed by atoms with van der Waals surface area (Å²) in [6, 6.07) is 24.5. The van der Waals surface area contributed by atoms with Crippen molar-refractivity contribution in [2.75, 3.05) is 5.32 Å². The number of rotatable bonds is 9. The van der Waals surface area contributed by atoms with Gasteiger partial charge >= 0.3 is 6.18 Å². The van der Waals surface area contributed by atoms with Crippen LogP contribution in [0.4, 0.5) is 24.0 Å². The van der Waals surface area contributed by atoms with E-state index in [1.54, 1.807) is 5.38 Å². The highest BCUT2D eigenvalue weighted by Crippen LogP contribution is 2.32. The fourth-order valence-corrected chi connectivity index (χ4v) is 5.15. The summed E-state index contributed by atoms with van der Waals surface area (Å²) >= 11 is 4.64. The van der Waals surface area contributed by atoms with Gasteiger partial charge in [-0.25, -0.2) is 10.4 Å². The molecule has 0 fully saturated rings. The van der Waals surface area contributed by atoms with Crippen molar-refractivity contribution in [3.05, 3.63) is 117 Å². The fraction of sp³-hybridized carbons (Fsp3) is 0.100. The number of alkyl halides is 3. The SMILES string of the molecule is O=C(Cc1csc(Nc2cccc(C(F)(F)F)c2)n1)N/N=C\c1cc(Br)ccc1OCc1cccc2ccccc12. The van der Waals surface area contributed by atoms with Gasteiger partial charge in [0.1, 0.15) is 12.4 Å². The fourth-order valence-electron chi connectivity index (χ4n) is 4.05. The molecule has 0 aliphatic rings. The zero-order valence-electron chi connectivity index (χ0n) is 21.3. The summed E-state index contributed by atoms with van der Waals surface area (Å²) in [5.74, 6) is 0.203. The number of halogens is 4. The van der Waals surface area contributed by atoms with Gasteiger partial charge in [0.05, 0.1) is 23.9 Å². The van der Waals surface area contributed by atoms with E-state index >= 15 is 0 Å². The van der Waals surface area contributed by atoms with Crippen LogP contribution < -0.4 is 15.5 Å². The third-order valence-corrected chi connectivity index (χ3v) is 7.26. The van der Waals surface area contributed by atoms with Gasteiger partial charge in [-0.15, -0.1) is 11.3 Å². The van der Waals surface area contributed by atoms with Crippen LogP contribution in [0.25, 0.3) is 10.8 Å². The number of hydrazone groups is 1. The Morgan fingerprint density at radius 3 is 2.68 bits per heavy atom. The molecule has 0 radical (unpaired) electrons. The molecule has 5 rings (SSSR count). The molecule has 0 unspecified atom stereocenters. The molecule has 41 heavy (non-hydrogen) atoms. The largest absolute Gasteiger partial charge is 0.488 e. The lowest BCUT2D eigenvalue weighted by Gasteiger charge is -2.11. The molecule has 0 saturated carbocycles. The highest BCUT2D eigenvalue weighted by Gasteiger charge is 2.30. The van der Waals surface area contributed by atoms with Crippen LogP contribution in [-0.4, -0.2) is 17.1 Å². The predicted molar refractivity (Wildman–Crippen MR) is 159 cm³/mol. The second kappa shape index (κ2) is 12.5. The van der Waals surface area contributed by atoms with Crippen molar-refractivity contribution in [1.29, 1.82) is 0 Å². The number of ether oxygens (including phenoxy) is 1. The molecule has 0 bridgehead atoms. The summed E-state index contributed by atoms with van der Waals surface area (Å²) in [7, 11) is 0. The van der Waals surface area contributed by atoms with Crippen molar-refractivity contribution >= 4 is 61.0 Å². The van der Waals surface area contributed by atoms with Crippen LogP contribution in [0.1, 0.15) is 22.4 Å². The van der Waals surface area contributed by atoms with Gasteiger partial charge in [-0.05, 0) is 52.7 Å². The van der Waals surface area contributed by atoms with Crippen LogP contribution in [0, 0.1) is 0 Å². The maximum Gasteiger partial charge on any atom is 0.416 e. The number of hydrogen-bond donors (Lipinski definition) is 2. The summed E-state index contributed by atoms with van der Waals surface area (Å²) < 4.78 is 45.8. The lowest BCUT2D eigenvalue weighted by atomic mass is 10.1. The number of carbonyl (C=O) groups excluding carboxylic acids is 1. The zero-order chi connectivity index (χ0) is 28.8. The van der Waals surface area contributed by atoms with E-state index in [2.05, 4.69) is 55.0 Å². The Hall–Kier alpha value is -4.22. The average Bonchev–Trinajstić information content (AvgIpc) is 3.38. The summed E-state index contributed by atoms with van der Waals surface area (Å²) in [6.45, 7) is 0.358. The van der Waals surface area contributed by atoms with Gasteiger partial charge in [-0.1, -0.05) is 64.5 Å². The standard InChI is InChI=1S/C30H22BrF3N4O2S/c31-23-11-12-27(40-17-20-7-3-6-19-5-1-2-10-26(19)20)21(13-23)16-35-38-28(39)15-25-18-41-29(37-25)36-24-9-4-8-22(14-24)30(32,33)34/h1-14,16,18H,15,17H2,(H,36,37)(H,38,39)/b35-16-. The molecule has 2 N–H and O–H groups in total. The number of anilines is 2. The van der Waals surface area contributed by atoms with Crippen LogP contribution in [0.15, 0.2) is 99.9 Å². The van der Waals surface area contributed by atoms with Crippen molar-refractivity contribution < 1.29 is 22.7 Å². The van der Waals surface area contributed by atoms with E-state index in [0.29, 0.717) is 28.7 Å². The van der Waals surface area contributed by atoms with Gasteiger partial charge < -0.3 is 10.1 Å². The smallest absolute Gasteiger partial charge is 0.416 e. The highest BCUT2D eigenvalue weighted by atomic mass is 79.9. The topological polar surface area (TPSA) is 75.6 Å². The van der Waals surface area contributed by atoms with Gasteiger partial charge in [0.2, 0.25) is 5.91 Å². The van der Waals surface area contributed by atoms with Crippen molar-refractivity contribution in [1.82, 2.24) is 10.4 Å². The first-order valence-electron chi connectivity index (χ1n) is 12.3. The molecule has 11 heteroatoms.